The molecule has 0 radical (unpaired) electrons. The van der Waals surface area contributed by atoms with E-state index in [-0.39, 0.29) is 0 Å². The van der Waals surface area contributed by atoms with Gasteiger partial charge >= 0.3 is 0 Å². The summed E-state index contributed by atoms with van der Waals surface area (Å²) in [5, 5.41) is 4.18. The van der Waals surface area contributed by atoms with Crippen molar-refractivity contribution in [2.24, 2.45) is 7.05 Å². The predicted molar refractivity (Wildman–Crippen MR) is 109 cm³/mol. The maximum atomic E-state index is 5.93. The summed E-state index contributed by atoms with van der Waals surface area (Å²) in [7, 11) is 5.09. The van der Waals surface area contributed by atoms with Gasteiger partial charge in [0.2, 0.25) is 0 Å². The SMILES string of the molecule is COc1cc(-c2cnc3c(N)nccn23)cc(NSc2cnn(C)c2)c1OC. The Hall–Kier alpha value is -3.40. The molecule has 0 fully saturated rings. The number of imidazole rings is 1. The van der Waals surface area contributed by atoms with Crippen LogP contribution in [0.5, 0.6) is 11.5 Å². The summed E-state index contributed by atoms with van der Waals surface area (Å²) in [5.41, 5.74) is 9.05. The fourth-order valence-corrected chi connectivity index (χ4v) is 3.59. The molecule has 0 atom stereocenters. The van der Waals surface area contributed by atoms with Crippen LogP contribution in [-0.4, -0.2) is 38.4 Å². The minimum absolute atomic E-state index is 0.375. The minimum atomic E-state index is 0.375. The van der Waals surface area contributed by atoms with Crippen LogP contribution in [-0.2, 0) is 7.05 Å². The molecular formula is C18H19N7O2S. The summed E-state index contributed by atoms with van der Waals surface area (Å²) in [6.45, 7) is 0. The van der Waals surface area contributed by atoms with Gasteiger partial charge in [-0.1, -0.05) is 0 Å². The van der Waals surface area contributed by atoms with Gasteiger partial charge in [-0.05, 0) is 24.1 Å². The van der Waals surface area contributed by atoms with Crippen molar-refractivity contribution in [3.05, 3.63) is 43.1 Å². The Morgan fingerprint density at radius 3 is 2.71 bits per heavy atom. The van der Waals surface area contributed by atoms with Crippen LogP contribution in [0.3, 0.4) is 0 Å². The Morgan fingerprint density at radius 2 is 2.00 bits per heavy atom. The fraction of sp³-hybridized carbons (Fsp3) is 0.167. The third-order valence-electron chi connectivity index (χ3n) is 4.19. The van der Waals surface area contributed by atoms with Crippen molar-refractivity contribution in [1.82, 2.24) is 24.1 Å². The van der Waals surface area contributed by atoms with E-state index in [1.807, 2.05) is 36.0 Å². The van der Waals surface area contributed by atoms with E-state index >= 15 is 0 Å². The lowest BCUT2D eigenvalue weighted by Gasteiger charge is -2.15. The minimum Gasteiger partial charge on any atom is -0.493 e. The van der Waals surface area contributed by atoms with Gasteiger partial charge in [-0.3, -0.25) is 9.08 Å². The first kappa shape index (κ1) is 18.0. The van der Waals surface area contributed by atoms with Crippen LogP contribution in [0.2, 0.25) is 0 Å². The smallest absolute Gasteiger partial charge is 0.184 e. The van der Waals surface area contributed by atoms with Gasteiger partial charge in [-0.15, -0.1) is 0 Å². The number of benzene rings is 1. The van der Waals surface area contributed by atoms with E-state index in [1.54, 1.807) is 37.5 Å². The number of aromatic nitrogens is 5. The van der Waals surface area contributed by atoms with Crippen LogP contribution < -0.4 is 19.9 Å². The van der Waals surface area contributed by atoms with Gasteiger partial charge in [0.05, 0.1) is 42.9 Å². The monoisotopic (exact) mass is 397 g/mol. The van der Waals surface area contributed by atoms with Crippen LogP contribution in [0.15, 0.2) is 48.0 Å². The van der Waals surface area contributed by atoms with E-state index in [2.05, 4.69) is 19.8 Å². The van der Waals surface area contributed by atoms with Gasteiger partial charge in [0, 0.05) is 31.2 Å². The number of methoxy groups -OCH3 is 2. The molecule has 0 aliphatic carbocycles. The first-order valence-electron chi connectivity index (χ1n) is 8.36. The number of nitrogens with two attached hydrogens (primary N) is 1. The first-order chi connectivity index (χ1) is 13.6. The second-order valence-electron chi connectivity index (χ2n) is 5.96. The third-order valence-corrected chi connectivity index (χ3v) is 4.96. The maximum absolute atomic E-state index is 5.93. The molecule has 0 spiro atoms. The number of nitrogens with one attached hydrogen (secondary N) is 1. The van der Waals surface area contributed by atoms with E-state index in [9.17, 15) is 0 Å². The van der Waals surface area contributed by atoms with Gasteiger partial charge in [0.25, 0.3) is 0 Å². The molecule has 3 heterocycles. The Balaban J connectivity index is 1.78. The van der Waals surface area contributed by atoms with Crippen molar-refractivity contribution in [3.8, 4) is 22.8 Å². The predicted octanol–water partition coefficient (Wildman–Crippen LogP) is 2.85. The average molecular weight is 397 g/mol. The standard InChI is InChI=1S/C18H19N7O2S/c1-24-10-12(8-22-24)28-23-13-6-11(7-15(26-2)16(13)27-3)14-9-21-18-17(19)20-4-5-25(14)18/h4-10,23H,1-3H3,(H2,19,20). The Labute approximate surface area is 165 Å². The number of hydrogen-bond donors (Lipinski definition) is 2. The molecule has 9 nitrogen and oxygen atoms in total. The molecule has 0 saturated carbocycles. The van der Waals surface area contributed by atoms with Gasteiger partial charge in [-0.2, -0.15) is 5.10 Å². The van der Waals surface area contributed by atoms with Crippen molar-refractivity contribution in [2.45, 2.75) is 4.90 Å². The Morgan fingerprint density at radius 1 is 1.14 bits per heavy atom. The zero-order valence-corrected chi connectivity index (χ0v) is 16.4. The van der Waals surface area contributed by atoms with Crippen molar-refractivity contribution in [1.29, 1.82) is 0 Å². The number of fused-ring (bicyclic) bond motifs is 1. The highest BCUT2D eigenvalue weighted by Gasteiger charge is 2.17. The summed E-state index contributed by atoms with van der Waals surface area (Å²) < 4.78 is 18.1. The van der Waals surface area contributed by atoms with E-state index in [0.717, 1.165) is 21.8 Å². The molecule has 0 saturated heterocycles. The molecule has 0 aliphatic rings. The van der Waals surface area contributed by atoms with Crippen molar-refractivity contribution in [2.75, 3.05) is 24.7 Å². The Bertz CT molecular complexity index is 1140. The molecule has 1 aromatic carbocycles. The van der Waals surface area contributed by atoms with Gasteiger partial charge in [-0.25, -0.2) is 9.97 Å². The highest BCUT2D eigenvalue weighted by atomic mass is 32.2. The largest absolute Gasteiger partial charge is 0.493 e. The highest BCUT2D eigenvalue weighted by Crippen LogP contribution is 2.41. The van der Waals surface area contributed by atoms with Crippen molar-refractivity contribution < 1.29 is 9.47 Å². The Kier molecular flexibility index (Phi) is 4.70. The number of hydrogen-bond acceptors (Lipinski definition) is 8. The third kappa shape index (κ3) is 3.18. The second kappa shape index (κ2) is 7.31. The molecule has 4 aromatic rings. The fourth-order valence-electron chi connectivity index (χ4n) is 2.91. The van der Waals surface area contributed by atoms with Gasteiger partial charge in [0.1, 0.15) is 0 Å². The molecule has 0 unspecified atom stereocenters. The lowest BCUT2D eigenvalue weighted by atomic mass is 10.1. The molecule has 28 heavy (non-hydrogen) atoms. The molecule has 0 bridgehead atoms. The number of aryl methyl sites for hydroxylation is 1. The normalized spacial score (nSPS) is 11.0. The second-order valence-corrected chi connectivity index (χ2v) is 6.84. The molecule has 0 aliphatic heterocycles. The number of ether oxygens (including phenoxy) is 2. The van der Waals surface area contributed by atoms with E-state index in [4.69, 9.17) is 15.2 Å². The topological polar surface area (TPSA) is 105 Å². The first-order valence-corrected chi connectivity index (χ1v) is 9.17. The average Bonchev–Trinajstić information content (AvgIpc) is 3.32. The quantitative estimate of drug-likeness (QED) is 0.479. The van der Waals surface area contributed by atoms with Crippen molar-refractivity contribution >= 4 is 29.1 Å². The molecule has 4 rings (SSSR count). The van der Waals surface area contributed by atoms with Gasteiger partial charge < -0.3 is 19.9 Å². The summed E-state index contributed by atoms with van der Waals surface area (Å²) in [6.07, 6.45) is 8.93. The number of nitrogens with zero attached hydrogens (tertiary/aromatic N) is 5. The van der Waals surface area contributed by atoms with E-state index in [1.165, 1.54) is 11.9 Å². The van der Waals surface area contributed by atoms with Crippen LogP contribution in [0.4, 0.5) is 11.5 Å². The van der Waals surface area contributed by atoms with Crippen LogP contribution in [0.1, 0.15) is 0 Å². The van der Waals surface area contributed by atoms with E-state index in [0.29, 0.717) is 23.0 Å². The summed E-state index contributed by atoms with van der Waals surface area (Å²) >= 11 is 1.43. The zero-order chi connectivity index (χ0) is 19.7. The lowest BCUT2D eigenvalue weighted by molar-refractivity contribution is 0.356. The molecule has 0 amide bonds. The molecule has 3 aromatic heterocycles. The summed E-state index contributed by atoms with van der Waals surface area (Å²) in [5.74, 6) is 1.59. The van der Waals surface area contributed by atoms with E-state index < -0.39 is 0 Å². The number of rotatable bonds is 6. The highest BCUT2D eigenvalue weighted by molar-refractivity contribution is 8.00. The summed E-state index contributed by atoms with van der Waals surface area (Å²) in [4.78, 5) is 9.44. The number of nitrogen functional groups attached to an aromatic ring is 1. The number of anilines is 2. The zero-order valence-electron chi connectivity index (χ0n) is 15.6. The van der Waals surface area contributed by atoms with Crippen LogP contribution >= 0.6 is 11.9 Å². The lowest BCUT2D eigenvalue weighted by Crippen LogP contribution is -1.99. The van der Waals surface area contributed by atoms with Gasteiger partial charge in [0.15, 0.2) is 23.0 Å². The molecule has 144 valence electrons. The molecule has 3 N–H and O–H groups in total. The van der Waals surface area contributed by atoms with Crippen LogP contribution in [0.25, 0.3) is 16.9 Å². The van der Waals surface area contributed by atoms with Crippen molar-refractivity contribution in [3.63, 3.8) is 0 Å². The molecule has 10 heteroatoms. The van der Waals surface area contributed by atoms with Crippen LogP contribution in [0, 0.1) is 0 Å². The maximum Gasteiger partial charge on any atom is 0.184 e. The summed E-state index contributed by atoms with van der Waals surface area (Å²) in [6, 6.07) is 3.88. The molecular weight excluding hydrogens is 378 g/mol.